The van der Waals surface area contributed by atoms with Crippen molar-refractivity contribution in [1.29, 1.82) is 0 Å². The molecule has 0 radical (unpaired) electrons. The zero-order valence-electron chi connectivity index (χ0n) is 12.4. The van der Waals surface area contributed by atoms with Gasteiger partial charge in [0.1, 0.15) is 23.3 Å². The number of primary amides is 1. The fourth-order valence-corrected chi connectivity index (χ4v) is 2.88. The molecular formula is C14H18N6O3. The van der Waals surface area contributed by atoms with E-state index in [1.807, 2.05) is 0 Å². The summed E-state index contributed by atoms with van der Waals surface area (Å²) in [7, 11) is 0. The molecular weight excluding hydrogens is 300 g/mol. The zero-order chi connectivity index (χ0) is 16.4. The van der Waals surface area contributed by atoms with E-state index in [0.717, 1.165) is 19.3 Å². The van der Waals surface area contributed by atoms with Crippen molar-refractivity contribution in [3.8, 4) is 11.5 Å². The van der Waals surface area contributed by atoms with Gasteiger partial charge in [-0.1, -0.05) is 0 Å². The standard InChI is InChI=1S/C14H18N6O3/c15-11(22)10-9(13-17-3-4-23-13)12(20-14(16)19-10)18-8-2-1-7(5-8)6-21/h3-4,7-8,21H,1-2,5-6H2,(H2,15,22)(H3,16,18,19,20)/t7-,8+/m1/s1. The number of amides is 1. The third-order valence-corrected chi connectivity index (χ3v) is 3.95. The first kappa shape index (κ1) is 15.2. The summed E-state index contributed by atoms with van der Waals surface area (Å²) in [6, 6.07) is 0.107. The predicted octanol–water partition coefficient (Wildman–Crippen LogP) is 0.386. The van der Waals surface area contributed by atoms with Crippen molar-refractivity contribution in [2.24, 2.45) is 11.7 Å². The molecule has 0 saturated heterocycles. The minimum absolute atomic E-state index is 0.0424. The maximum atomic E-state index is 11.7. The fourth-order valence-electron chi connectivity index (χ4n) is 2.88. The number of carbonyl (C=O) groups is 1. The Morgan fingerprint density at radius 3 is 2.87 bits per heavy atom. The lowest BCUT2D eigenvalue weighted by Crippen LogP contribution is -2.22. The number of nitrogens with one attached hydrogen (secondary N) is 1. The summed E-state index contributed by atoms with van der Waals surface area (Å²) in [6.07, 6.45) is 5.45. The normalized spacial score (nSPS) is 20.6. The minimum atomic E-state index is -0.741. The van der Waals surface area contributed by atoms with Crippen molar-refractivity contribution in [2.45, 2.75) is 25.3 Å². The largest absolute Gasteiger partial charge is 0.444 e. The third kappa shape index (κ3) is 3.09. The minimum Gasteiger partial charge on any atom is -0.444 e. The fraction of sp³-hybridized carbons (Fsp3) is 0.429. The van der Waals surface area contributed by atoms with Crippen LogP contribution in [0.15, 0.2) is 16.9 Å². The average molecular weight is 318 g/mol. The van der Waals surface area contributed by atoms with Crippen LogP contribution in [-0.4, -0.2) is 38.6 Å². The Bertz CT molecular complexity index is 703. The average Bonchev–Trinajstić information content (AvgIpc) is 3.17. The number of aromatic nitrogens is 3. The second kappa shape index (κ2) is 6.21. The Morgan fingerprint density at radius 2 is 2.26 bits per heavy atom. The molecule has 2 heterocycles. The van der Waals surface area contributed by atoms with E-state index >= 15 is 0 Å². The lowest BCUT2D eigenvalue weighted by Gasteiger charge is -2.17. The molecule has 1 fully saturated rings. The van der Waals surface area contributed by atoms with Crippen molar-refractivity contribution >= 4 is 17.7 Å². The van der Waals surface area contributed by atoms with Gasteiger partial charge in [-0.05, 0) is 25.2 Å². The highest BCUT2D eigenvalue weighted by molar-refractivity contribution is 5.99. The lowest BCUT2D eigenvalue weighted by atomic mass is 10.1. The van der Waals surface area contributed by atoms with Crippen LogP contribution in [0.25, 0.3) is 11.5 Å². The number of anilines is 2. The summed E-state index contributed by atoms with van der Waals surface area (Å²) in [5.41, 5.74) is 11.3. The molecule has 6 N–H and O–H groups in total. The quantitative estimate of drug-likeness (QED) is 0.617. The molecule has 122 valence electrons. The summed E-state index contributed by atoms with van der Waals surface area (Å²) in [6.45, 7) is 0.156. The number of oxazole rings is 1. The van der Waals surface area contributed by atoms with Gasteiger partial charge in [-0.25, -0.2) is 9.97 Å². The molecule has 0 spiro atoms. The Morgan fingerprint density at radius 1 is 1.43 bits per heavy atom. The first-order chi connectivity index (χ1) is 11.1. The first-order valence-electron chi connectivity index (χ1n) is 7.33. The van der Waals surface area contributed by atoms with Gasteiger partial charge in [0, 0.05) is 12.6 Å². The van der Waals surface area contributed by atoms with E-state index in [1.54, 1.807) is 0 Å². The van der Waals surface area contributed by atoms with E-state index in [4.69, 9.17) is 15.9 Å². The molecule has 3 rings (SSSR count). The zero-order valence-corrected chi connectivity index (χ0v) is 12.4. The van der Waals surface area contributed by atoms with E-state index in [9.17, 15) is 9.90 Å². The van der Waals surface area contributed by atoms with Gasteiger partial charge in [0.05, 0.1) is 6.20 Å². The van der Waals surface area contributed by atoms with E-state index in [1.165, 1.54) is 12.5 Å². The molecule has 1 aliphatic rings. The number of rotatable bonds is 5. The second-order valence-corrected chi connectivity index (χ2v) is 5.56. The van der Waals surface area contributed by atoms with Crippen LogP contribution in [0.5, 0.6) is 0 Å². The maximum Gasteiger partial charge on any atom is 0.268 e. The Labute approximate surface area is 132 Å². The van der Waals surface area contributed by atoms with Crippen molar-refractivity contribution in [2.75, 3.05) is 17.7 Å². The van der Waals surface area contributed by atoms with Gasteiger partial charge in [0.15, 0.2) is 0 Å². The third-order valence-electron chi connectivity index (χ3n) is 3.95. The van der Waals surface area contributed by atoms with E-state index < -0.39 is 5.91 Å². The Hall–Kier alpha value is -2.68. The summed E-state index contributed by atoms with van der Waals surface area (Å²) >= 11 is 0. The molecule has 9 nitrogen and oxygen atoms in total. The molecule has 1 aliphatic carbocycles. The van der Waals surface area contributed by atoms with Gasteiger partial charge in [-0.2, -0.15) is 4.98 Å². The van der Waals surface area contributed by atoms with Crippen molar-refractivity contribution in [1.82, 2.24) is 15.0 Å². The highest BCUT2D eigenvalue weighted by Gasteiger charge is 2.28. The van der Waals surface area contributed by atoms with Gasteiger partial charge >= 0.3 is 0 Å². The number of aliphatic hydroxyl groups excluding tert-OH is 1. The topological polar surface area (TPSA) is 153 Å². The molecule has 0 bridgehead atoms. The number of carbonyl (C=O) groups excluding carboxylic acids is 1. The molecule has 1 saturated carbocycles. The Balaban J connectivity index is 2.00. The molecule has 23 heavy (non-hydrogen) atoms. The SMILES string of the molecule is NC(=O)c1nc(N)nc(N[C@H]2CC[C@@H](CO)C2)c1-c1ncco1. The molecule has 9 heteroatoms. The molecule has 0 unspecified atom stereocenters. The van der Waals surface area contributed by atoms with Crippen LogP contribution >= 0.6 is 0 Å². The number of hydrogen-bond donors (Lipinski definition) is 4. The van der Waals surface area contributed by atoms with Gasteiger partial charge < -0.3 is 26.3 Å². The van der Waals surface area contributed by atoms with Gasteiger partial charge in [-0.3, -0.25) is 4.79 Å². The van der Waals surface area contributed by atoms with E-state index in [0.29, 0.717) is 11.4 Å². The van der Waals surface area contributed by atoms with Crippen LogP contribution in [0.1, 0.15) is 29.8 Å². The number of nitrogens with zero attached hydrogens (tertiary/aromatic N) is 3. The van der Waals surface area contributed by atoms with E-state index in [2.05, 4.69) is 20.3 Å². The van der Waals surface area contributed by atoms with Crippen LogP contribution in [0, 0.1) is 5.92 Å². The van der Waals surface area contributed by atoms with Gasteiger partial charge in [0.2, 0.25) is 11.8 Å². The molecule has 0 aliphatic heterocycles. The van der Waals surface area contributed by atoms with E-state index in [-0.39, 0.29) is 36.1 Å². The van der Waals surface area contributed by atoms with Gasteiger partial charge in [0.25, 0.3) is 5.91 Å². The highest BCUT2D eigenvalue weighted by atomic mass is 16.3. The predicted molar refractivity (Wildman–Crippen MR) is 82.3 cm³/mol. The van der Waals surface area contributed by atoms with Crippen LogP contribution < -0.4 is 16.8 Å². The van der Waals surface area contributed by atoms with Crippen LogP contribution in [-0.2, 0) is 0 Å². The monoisotopic (exact) mass is 318 g/mol. The number of nitrogen functional groups attached to an aromatic ring is 1. The Kier molecular flexibility index (Phi) is 4.11. The van der Waals surface area contributed by atoms with Crippen molar-refractivity contribution < 1.29 is 14.3 Å². The summed E-state index contributed by atoms with van der Waals surface area (Å²) in [5, 5.41) is 12.5. The molecule has 1 amide bonds. The molecule has 2 aromatic rings. The van der Waals surface area contributed by atoms with Crippen molar-refractivity contribution in [3.05, 3.63) is 18.2 Å². The first-order valence-corrected chi connectivity index (χ1v) is 7.33. The van der Waals surface area contributed by atoms with Crippen LogP contribution in [0.2, 0.25) is 0 Å². The van der Waals surface area contributed by atoms with Crippen molar-refractivity contribution in [3.63, 3.8) is 0 Å². The smallest absolute Gasteiger partial charge is 0.268 e. The second-order valence-electron chi connectivity index (χ2n) is 5.56. The van der Waals surface area contributed by atoms with Gasteiger partial charge in [-0.15, -0.1) is 0 Å². The molecule has 0 aromatic carbocycles. The van der Waals surface area contributed by atoms with Crippen LogP contribution in [0.4, 0.5) is 11.8 Å². The summed E-state index contributed by atoms with van der Waals surface area (Å²) < 4.78 is 5.28. The maximum absolute atomic E-state index is 11.7. The molecule has 2 aromatic heterocycles. The molecule has 2 atom stereocenters. The highest BCUT2D eigenvalue weighted by Crippen LogP contribution is 2.33. The number of nitrogens with two attached hydrogens (primary N) is 2. The summed E-state index contributed by atoms with van der Waals surface area (Å²) in [5.74, 6) is 0.00569. The number of hydrogen-bond acceptors (Lipinski definition) is 8. The van der Waals surface area contributed by atoms with Crippen LogP contribution in [0.3, 0.4) is 0 Å². The lowest BCUT2D eigenvalue weighted by molar-refractivity contribution is 0.0996. The number of aliphatic hydroxyl groups is 1. The summed E-state index contributed by atoms with van der Waals surface area (Å²) in [4.78, 5) is 23.8.